The van der Waals surface area contributed by atoms with Crippen molar-refractivity contribution in [1.29, 1.82) is 0 Å². The molecule has 1 saturated heterocycles. The van der Waals surface area contributed by atoms with Crippen LogP contribution in [-0.4, -0.2) is 47.2 Å². The molecule has 0 spiro atoms. The van der Waals surface area contributed by atoms with Crippen LogP contribution < -0.4 is 5.32 Å². The molecule has 1 heterocycles. The highest BCUT2D eigenvalue weighted by Crippen LogP contribution is 2.30. The van der Waals surface area contributed by atoms with Crippen molar-refractivity contribution in [2.75, 3.05) is 20.1 Å². The molecule has 1 aromatic carbocycles. The smallest absolute Gasteiger partial charge is 0.261 e. The van der Waals surface area contributed by atoms with Crippen LogP contribution >= 0.6 is 0 Å². The minimum Gasteiger partial charge on any atom is -0.507 e. The molecule has 5 heteroatoms. The second kappa shape index (κ2) is 5.27. The summed E-state index contributed by atoms with van der Waals surface area (Å²) in [5, 5.41) is 22.5. The molecule has 1 aliphatic heterocycles. The molecule has 0 saturated carbocycles. The minimum absolute atomic E-state index is 0.000466. The second-order valence-corrected chi connectivity index (χ2v) is 4.52. The summed E-state index contributed by atoms with van der Waals surface area (Å²) >= 11 is 0. The average Bonchev–Trinajstić information content (AvgIpc) is 2.77. The molecule has 5 nitrogen and oxygen atoms in total. The normalized spacial score (nSPS) is 19.2. The zero-order valence-electron chi connectivity index (χ0n) is 10.4. The summed E-state index contributed by atoms with van der Waals surface area (Å²) in [6, 6.07) is 4.46. The lowest BCUT2D eigenvalue weighted by Crippen LogP contribution is -2.40. The zero-order valence-corrected chi connectivity index (χ0v) is 10.4. The van der Waals surface area contributed by atoms with Gasteiger partial charge in [0, 0.05) is 19.1 Å². The average molecular weight is 250 g/mol. The molecule has 0 bridgehead atoms. The second-order valence-electron chi connectivity index (χ2n) is 4.52. The van der Waals surface area contributed by atoms with E-state index in [2.05, 4.69) is 5.32 Å². The fourth-order valence-corrected chi connectivity index (χ4v) is 2.44. The van der Waals surface area contributed by atoms with E-state index in [1.807, 2.05) is 7.05 Å². The summed E-state index contributed by atoms with van der Waals surface area (Å²) in [6.45, 7) is 1.39. The number of amides is 1. The third-order valence-corrected chi connectivity index (χ3v) is 3.31. The highest BCUT2D eigenvalue weighted by molar-refractivity contribution is 5.99. The van der Waals surface area contributed by atoms with Gasteiger partial charge in [-0.2, -0.15) is 0 Å². The van der Waals surface area contributed by atoms with E-state index < -0.39 is 0 Å². The van der Waals surface area contributed by atoms with E-state index in [1.165, 1.54) is 18.2 Å². The lowest BCUT2D eigenvalue weighted by Gasteiger charge is -2.25. The highest BCUT2D eigenvalue weighted by Gasteiger charge is 2.31. The molecule has 0 aliphatic carbocycles. The fraction of sp³-hybridized carbons (Fsp3) is 0.462. The van der Waals surface area contributed by atoms with Gasteiger partial charge in [0.15, 0.2) is 0 Å². The monoisotopic (exact) mass is 250 g/mol. The number of phenolic OH excluding ortho intramolecular Hbond substituents is 2. The number of aromatic hydroxyl groups is 2. The number of likely N-dealkylation sites (tertiary alicyclic amines) is 1. The van der Waals surface area contributed by atoms with Crippen molar-refractivity contribution >= 4 is 5.91 Å². The third kappa shape index (κ3) is 2.26. The Morgan fingerprint density at radius 2 is 2.11 bits per heavy atom. The van der Waals surface area contributed by atoms with Crippen LogP contribution in [0.4, 0.5) is 0 Å². The summed E-state index contributed by atoms with van der Waals surface area (Å²) in [4.78, 5) is 14.1. The Kier molecular flexibility index (Phi) is 3.72. The van der Waals surface area contributed by atoms with Crippen LogP contribution in [-0.2, 0) is 0 Å². The van der Waals surface area contributed by atoms with Crippen LogP contribution in [0.5, 0.6) is 11.5 Å². The molecule has 1 atom stereocenters. The van der Waals surface area contributed by atoms with Crippen LogP contribution in [0.2, 0.25) is 0 Å². The van der Waals surface area contributed by atoms with Gasteiger partial charge in [-0.25, -0.2) is 0 Å². The number of phenols is 2. The third-order valence-electron chi connectivity index (χ3n) is 3.31. The van der Waals surface area contributed by atoms with Gasteiger partial charge in [0.1, 0.15) is 17.1 Å². The first kappa shape index (κ1) is 12.7. The highest BCUT2D eigenvalue weighted by atomic mass is 16.3. The summed E-state index contributed by atoms with van der Waals surface area (Å²) in [7, 11) is 1.85. The van der Waals surface area contributed by atoms with Crippen molar-refractivity contribution in [3.8, 4) is 11.5 Å². The Hall–Kier alpha value is -1.75. The van der Waals surface area contributed by atoms with Gasteiger partial charge in [0.25, 0.3) is 5.91 Å². The summed E-state index contributed by atoms with van der Waals surface area (Å²) in [6.07, 6.45) is 1.90. The van der Waals surface area contributed by atoms with Crippen molar-refractivity contribution in [2.24, 2.45) is 0 Å². The van der Waals surface area contributed by atoms with Gasteiger partial charge in [0.2, 0.25) is 0 Å². The van der Waals surface area contributed by atoms with E-state index in [0.29, 0.717) is 6.54 Å². The molecular formula is C13H18N2O3. The van der Waals surface area contributed by atoms with E-state index in [9.17, 15) is 15.0 Å². The van der Waals surface area contributed by atoms with Crippen molar-refractivity contribution in [2.45, 2.75) is 18.9 Å². The predicted molar refractivity (Wildman–Crippen MR) is 67.8 cm³/mol. The van der Waals surface area contributed by atoms with Crippen molar-refractivity contribution in [3.63, 3.8) is 0 Å². The Labute approximate surface area is 106 Å². The van der Waals surface area contributed by atoms with E-state index in [1.54, 1.807) is 4.90 Å². The number of carbonyl (C=O) groups is 1. The zero-order chi connectivity index (χ0) is 13.1. The van der Waals surface area contributed by atoms with E-state index in [4.69, 9.17) is 0 Å². The molecular weight excluding hydrogens is 232 g/mol. The standard InChI is InChI=1S/C13H18N2O3/c1-14-8-9-4-3-7-15(9)13(18)12-10(16)5-2-6-11(12)17/h2,5-6,9,14,16-17H,3-4,7-8H2,1H3. The number of rotatable bonds is 3. The Balaban J connectivity index is 2.25. The van der Waals surface area contributed by atoms with Crippen LogP contribution in [0.1, 0.15) is 23.2 Å². The van der Waals surface area contributed by atoms with Crippen LogP contribution in [0.15, 0.2) is 18.2 Å². The molecule has 18 heavy (non-hydrogen) atoms. The first-order valence-electron chi connectivity index (χ1n) is 6.11. The van der Waals surface area contributed by atoms with Gasteiger partial charge in [-0.1, -0.05) is 6.07 Å². The number of likely N-dealkylation sites (N-methyl/N-ethyl adjacent to an activating group) is 1. The maximum atomic E-state index is 12.4. The summed E-state index contributed by atoms with van der Waals surface area (Å²) in [5.74, 6) is -0.645. The number of benzene rings is 1. The van der Waals surface area contributed by atoms with Gasteiger partial charge in [0.05, 0.1) is 0 Å². The first-order chi connectivity index (χ1) is 8.65. The topological polar surface area (TPSA) is 72.8 Å². The van der Waals surface area contributed by atoms with Gasteiger partial charge in [-0.15, -0.1) is 0 Å². The number of hydrogen-bond donors (Lipinski definition) is 3. The molecule has 1 aliphatic rings. The van der Waals surface area contributed by atoms with Crippen molar-refractivity contribution < 1.29 is 15.0 Å². The molecule has 2 rings (SSSR count). The van der Waals surface area contributed by atoms with Crippen LogP contribution in [0.25, 0.3) is 0 Å². The SMILES string of the molecule is CNCC1CCCN1C(=O)c1c(O)cccc1O. The molecule has 1 unspecified atom stereocenters. The fourth-order valence-electron chi connectivity index (χ4n) is 2.44. The van der Waals surface area contributed by atoms with E-state index in [0.717, 1.165) is 19.4 Å². The van der Waals surface area contributed by atoms with Gasteiger partial charge in [-0.3, -0.25) is 4.79 Å². The minimum atomic E-state index is -0.302. The van der Waals surface area contributed by atoms with Gasteiger partial charge < -0.3 is 20.4 Å². The Morgan fingerprint density at radius 3 is 2.72 bits per heavy atom. The van der Waals surface area contributed by atoms with Crippen LogP contribution in [0.3, 0.4) is 0 Å². The molecule has 1 amide bonds. The summed E-state index contributed by atoms with van der Waals surface area (Å²) in [5.41, 5.74) is 0.000466. The first-order valence-corrected chi connectivity index (χ1v) is 6.11. The number of nitrogens with zero attached hydrogens (tertiary/aromatic N) is 1. The van der Waals surface area contributed by atoms with Crippen molar-refractivity contribution in [1.82, 2.24) is 10.2 Å². The molecule has 1 fully saturated rings. The van der Waals surface area contributed by atoms with Crippen molar-refractivity contribution in [3.05, 3.63) is 23.8 Å². The lowest BCUT2D eigenvalue weighted by molar-refractivity contribution is 0.0731. The largest absolute Gasteiger partial charge is 0.507 e. The Morgan fingerprint density at radius 1 is 1.44 bits per heavy atom. The van der Waals surface area contributed by atoms with E-state index >= 15 is 0 Å². The van der Waals surface area contributed by atoms with Gasteiger partial charge >= 0.3 is 0 Å². The van der Waals surface area contributed by atoms with Gasteiger partial charge in [-0.05, 0) is 32.0 Å². The maximum absolute atomic E-state index is 12.4. The number of nitrogens with one attached hydrogen (secondary N) is 1. The molecule has 0 radical (unpaired) electrons. The lowest BCUT2D eigenvalue weighted by atomic mass is 10.1. The number of hydrogen-bond acceptors (Lipinski definition) is 4. The number of carbonyl (C=O) groups excluding carboxylic acids is 1. The maximum Gasteiger partial charge on any atom is 0.261 e. The van der Waals surface area contributed by atoms with Crippen LogP contribution in [0, 0.1) is 0 Å². The molecule has 3 N–H and O–H groups in total. The predicted octanol–water partition coefficient (Wildman–Crippen LogP) is 0.922. The van der Waals surface area contributed by atoms with E-state index in [-0.39, 0.29) is 29.0 Å². The summed E-state index contributed by atoms with van der Waals surface area (Å²) < 4.78 is 0. The Bertz CT molecular complexity index is 428. The quantitative estimate of drug-likeness (QED) is 0.746. The molecule has 98 valence electrons. The molecule has 1 aromatic rings. The molecule has 0 aromatic heterocycles.